The van der Waals surface area contributed by atoms with Crippen molar-refractivity contribution in [2.24, 2.45) is 0 Å². The first-order valence-electron chi connectivity index (χ1n) is 5.81. The predicted molar refractivity (Wildman–Crippen MR) is 88.0 cm³/mol. The van der Waals surface area contributed by atoms with Gasteiger partial charge in [0.15, 0.2) is 0 Å². The quantitative estimate of drug-likeness (QED) is 0.738. The number of anilines is 1. The number of rotatable bonds is 2. The lowest BCUT2D eigenvalue weighted by Gasteiger charge is -2.11. The maximum absolute atomic E-state index is 12.3. The molecule has 0 aliphatic rings. The van der Waals surface area contributed by atoms with Crippen LogP contribution in [0.3, 0.4) is 0 Å². The summed E-state index contributed by atoms with van der Waals surface area (Å²) in [6.45, 7) is 3.87. The number of benzene rings is 2. The number of carbonyl (C=O) groups excluding carboxylic acids is 1. The highest BCUT2D eigenvalue weighted by atomic mass is 127. The Labute approximate surface area is 131 Å². The molecule has 2 rings (SSSR count). The van der Waals surface area contributed by atoms with Crippen LogP contribution in [0.1, 0.15) is 21.5 Å². The number of halogens is 2. The Kier molecular flexibility index (Phi) is 4.47. The Morgan fingerprint density at radius 1 is 1.21 bits per heavy atom. The van der Waals surface area contributed by atoms with E-state index in [9.17, 15) is 4.79 Å². The van der Waals surface area contributed by atoms with E-state index < -0.39 is 0 Å². The van der Waals surface area contributed by atoms with Gasteiger partial charge in [0.25, 0.3) is 5.91 Å². The fourth-order valence-corrected chi connectivity index (χ4v) is 2.54. The summed E-state index contributed by atoms with van der Waals surface area (Å²) < 4.78 is 1.13. The van der Waals surface area contributed by atoms with Crippen molar-refractivity contribution in [1.29, 1.82) is 0 Å². The molecule has 1 N–H and O–H groups in total. The second-order valence-corrected chi connectivity index (χ2v) is 5.92. The van der Waals surface area contributed by atoms with Gasteiger partial charge in [0.2, 0.25) is 0 Å². The third-order valence-corrected chi connectivity index (χ3v) is 4.35. The van der Waals surface area contributed by atoms with Crippen molar-refractivity contribution < 1.29 is 4.79 Å². The van der Waals surface area contributed by atoms with Gasteiger partial charge >= 0.3 is 0 Å². The van der Waals surface area contributed by atoms with Crippen LogP contribution in [0.4, 0.5) is 5.69 Å². The molecule has 0 aliphatic heterocycles. The number of nitrogens with one attached hydrogen (secondary N) is 1. The zero-order chi connectivity index (χ0) is 14.0. The monoisotopic (exact) mass is 385 g/mol. The summed E-state index contributed by atoms with van der Waals surface area (Å²) >= 11 is 8.15. The SMILES string of the molecule is Cc1cc(Cl)ccc1C(=O)Nc1cccc(I)c1C. The zero-order valence-corrected chi connectivity index (χ0v) is 13.5. The summed E-state index contributed by atoms with van der Waals surface area (Å²) in [5.74, 6) is -0.112. The van der Waals surface area contributed by atoms with Crippen molar-refractivity contribution in [2.75, 3.05) is 5.32 Å². The van der Waals surface area contributed by atoms with Gasteiger partial charge in [-0.15, -0.1) is 0 Å². The molecule has 0 fully saturated rings. The van der Waals surface area contributed by atoms with Crippen LogP contribution in [0.5, 0.6) is 0 Å². The van der Waals surface area contributed by atoms with Gasteiger partial charge in [0.1, 0.15) is 0 Å². The van der Waals surface area contributed by atoms with E-state index >= 15 is 0 Å². The van der Waals surface area contributed by atoms with E-state index in [1.165, 1.54) is 0 Å². The lowest BCUT2D eigenvalue weighted by Crippen LogP contribution is -2.14. The molecule has 4 heteroatoms. The van der Waals surface area contributed by atoms with E-state index in [1.807, 2.05) is 32.0 Å². The molecule has 19 heavy (non-hydrogen) atoms. The topological polar surface area (TPSA) is 29.1 Å². The van der Waals surface area contributed by atoms with Gasteiger partial charge < -0.3 is 5.32 Å². The third kappa shape index (κ3) is 3.28. The number of carbonyl (C=O) groups is 1. The fraction of sp³-hybridized carbons (Fsp3) is 0.133. The highest BCUT2D eigenvalue weighted by molar-refractivity contribution is 14.1. The number of hydrogen-bond donors (Lipinski definition) is 1. The molecule has 0 saturated carbocycles. The molecule has 0 aliphatic carbocycles. The molecule has 0 atom stereocenters. The average Bonchev–Trinajstić information content (AvgIpc) is 2.34. The van der Waals surface area contributed by atoms with Crippen molar-refractivity contribution in [2.45, 2.75) is 13.8 Å². The van der Waals surface area contributed by atoms with E-state index in [4.69, 9.17) is 11.6 Å². The Balaban J connectivity index is 2.28. The highest BCUT2D eigenvalue weighted by Crippen LogP contribution is 2.22. The van der Waals surface area contributed by atoms with Crippen molar-refractivity contribution in [3.8, 4) is 0 Å². The maximum atomic E-state index is 12.3. The molecule has 0 heterocycles. The van der Waals surface area contributed by atoms with Crippen molar-refractivity contribution >= 4 is 45.8 Å². The lowest BCUT2D eigenvalue weighted by atomic mass is 10.1. The molecular weight excluding hydrogens is 373 g/mol. The first-order chi connectivity index (χ1) is 8.99. The van der Waals surface area contributed by atoms with Crippen molar-refractivity contribution in [3.05, 3.63) is 61.7 Å². The van der Waals surface area contributed by atoms with E-state index in [0.717, 1.165) is 20.4 Å². The average molecular weight is 386 g/mol. The van der Waals surface area contributed by atoms with E-state index in [2.05, 4.69) is 27.9 Å². The minimum Gasteiger partial charge on any atom is -0.322 e. The Bertz CT molecular complexity index is 640. The van der Waals surface area contributed by atoms with E-state index in [1.54, 1.807) is 18.2 Å². The molecule has 2 aromatic carbocycles. The molecule has 2 nitrogen and oxygen atoms in total. The van der Waals surface area contributed by atoms with Crippen LogP contribution >= 0.6 is 34.2 Å². The molecular formula is C15H13ClINO. The van der Waals surface area contributed by atoms with Crippen molar-refractivity contribution in [3.63, 3.8) is 0 Å². The molecule has 98 valence electrons. The van der Waals surface area contributed by atoms with Gasteiger partial charge in [-0.3, -0.25) is 4.79 Å². The van der Waals surface area contributed by atoms with Crippen LogP contribution in [-0.4, -0.2) is 5.91 Å². The van der Waals surface area contributed by atoms with Gasteiger partial charge in [-0.1, -0.05) is 17.7 Å². The second-order valence-electron chi connectivity index (χ2n) is 4.33. The van der Waals surface area contributed by atoms with Crippen LogP contribution in [-0.2, 0) is 0 Å². The Hall–Kier alpha value is -1.07. The summed E-state index contributed by atoms with van der Waals surface area (Å²) in [6, 6.07) is 11.1. The van der Waals surface area contributed by atoms with Crippen LogP contribution in [0.15, 0.2) is 36.4 Å². The first kappa shape index (κ1) is 14.3. The van der Waals surface area contributed by atoms with Gasteiger partial charge in [0, 0.05) is 19.8 Å². The smallest absolute Gasteiger partial charge is 0.255 e. The molecule has 0 radical (unpaired) electrons. The third-order valence-electron chi connectivity index (χ3n) is 2.95. The number of amides is 1. The summed E-state index contributed by atoms with van der Waals surface area (Å²) in [4.78, 5) is 12.3. The van der Waals surface area contributed by atoms with E-state index in [-0.39, 0.29) is 5.91 Å². The molecule has 0 bridgehead atoms. The Morgan fingerprint density at radius 2 is 1.95 bits per heavy atom. The largest absolute Gasteiger partial charge is 0.322 e. The van der Waals surface area contributed by atoms with E-state index in [0.29, 0.717) is 10.6 Å². The van der Waals surface area contributed by atoms with Gasteiger partial charge in [-0.2, -0.15) is 0 Å². The zero-order valence-electron chi connectivity index (χ0n) is 10.6. The maximum Gasteiger partial charge on any atom is 0.255 e. The summed E-state index contributed by atoms with van der Waals surface area (Å²) in [7, 11) is 0. The minimum atomic E-state index is -0.112. The summed E-state index contributed by atoms with van der Waals surface area (Å²) in [5, 5.41) is 3.58. The van der Waals surface area contributed by atoms with Crippen LogP contribution in [0.2, 0.25) is 5.02 Å². The fourth-order valence-electron chi connectivity index (χ4n) is 1.81. The number of aryl methyl sites for hydroxylation is 1. The first-order valence-corrected chi connectivity index (χ1v) is 7.27. The molecule has 0 aromatic heterocycles. The Morgan fingerprint density at radius 3 is 2.63 bits per heavy atom. The van der Waals surface area contributed by atoms with Gasteiger partial charge in [0.05, 0.1) is 0 Å². The van der Waals surface area contributed by atoms with Gasteiger partial charge in [-0.05, 0) is 77.9 Å². The van der Waals surface area contributed by atoms with Crippen LogP contribution in [0, 0.1) is 17.4 Å². The summed E-state index contributed by atoms with van der Waals surface area (Å²) in [5.41, 5.74) is 3.42. The molecule has 0 spiro atoms. The highest BCUT2D eigenvalue weighted by Gasteiger charge is 2.11. The predicted octanol–water partition coefficient (Wildman–Crippen LogP) is 4.81. The van der Waals surface area contributed by atoms with Crippen LogP contribution < -0.4 is 5.32 Å². The molecule has 2 aromatic rings. The van der Waals surface area contributed by atoms with Crippen LogP contribution in [0.25, 0.3) is 0 Å². The second kappa shape index (κ2) is 5.92. The molecule has 1 amide bonds. The molecule has 0 saturated heterocycles. The standard InChI is InChI=1S/C15H13ClINO/c1-9-8-11(16)6-7-12(9)15(19)18-14-5-3-4-13(17)10(14)2/h3-8H,1-2H3,(H,18,19). The number of hydrogen-bond acceptors (Lipinski definition) is 1. The lowest BCUT2D eigenvalue weighted by molar-refractivity contribution is 0.102. The van der Waals surface area contributed by atoms with Gasteiger partial charge in [-0.25, -0.2) is 0 Å². The normalized spacial score (nSPS) is 10.3. The molecule has 0 unspecified atom stereocenters. The van der Waals surface area contributed by atoms with Crippen molar-refractivity contribution in [1.82, 2.24) is 0 Å². The minimum absolute atomic E-state index is 0.112. The summed E-state index contributed by atoms with van der Waals surface area (Å²) in [6.07, 6.45) is 0.